The van der Waals surface area contributed by atoms with E-state index in [2.05, 4.69) is 10.3 Å². The van der Waals surface area contributed by atoms with Crippen LogP contribution in [-0.2, 0) is 11.4 Å². The molecule has 1 amide bonds. The smallest absolute Gasteiger partial charge is 0.262 e. The molecule has 0 unspecified atom stereocenters. The van der Waals surface area contributed by atoms with Gasteiger partial charge in [-0.15, -0.1) is 0 Å². The number of nitrogens with one attached hydrogen (secondary N) is 1. The van der Waals surface area contributed by atoms with Crippen molar-refractivity contribution in [3.8, 4) is 5.75 Å². The third kappa shape index (κ3) is 4.18. The summed E-state index contributed by atoms with van der Waals surface area (Å²) in [5.41, 5.74) is 1.70. The van der Waals surface area contributed by atoms with Crippen molar-refractivity contribution < 1.29 is 14.6 Å². The molecule has 2 aromatic rings. The minimum Gasteiger partial charge on any atom is -0.482 e. The summed E-state index contributed by atoms with van der Waals surface area (Å²) in [4.78, 5) is 16.0. The number of rotatable bonds is 5. The lowest BCUT2D eigenvalue weighted by molar-refractivity contribution is -0.118. The van der Waals surface area contributed by atoms with E-state index < -0.39 is 0 Å². The normalized spacial score (nSPS) is 10.2. The van der Waals surface area contributed by atoms with Gasteiger partial charge in [0.05, 0.1) is 17.3 Å². The molecule has 1 aromatic carbocycles. The van der Waals surface area contributed by atoms with Crippen molar-refractivity contribution in [3.05, 3.63) is 52.8 Å². The number of carbonyl (C=O) groups is 1. The Bertz CT molecular complexity index is 647. The van der Waals surface area contributed by atoms with E-state index in [0.29, 0.717) is 22.2 Å². The number of para-hydroxylation sites is 1. The van der Waals surface area contributed by atoms with Crippen molar-refractivity contribution in [3.63, 3.8) is 0 Å². The highest BCUT2D eigenvalue weighted by Crippen LogP contribution is 2.21. The predicted molar refractivity (Wildman–Crippen MR) is 80.5 cm³/mol. The number of hydrogen-bond donors (Lipinski definition) is 2. The summed E-state index contributed by atoms with van der Waals surface area (Å²) in [5, 5.41) is 12.3. The first-order valence-corrected chi connectivity index (χ1v) is 6.72. The number of ether oxygens (including phenoxy) is 1. The largest absolute Gasteiger partial charge is 0.482 e. The quantitative estimate of drug-likeness (QED) is 0.890. The summed E-state index contributed by atoms with van der Waals surface area (Å²) in [5.74, 6) is 0.0463. The van der Waals surface area contributed by atoms with Crippen LogP contribution in [-0.4, -0.2) is 22.6 Å². The monoisotopic (exact) mass is 306 g/mol. The number of amides is 1. The first kappa shape index (κ1) is 15.3. The van der Waals surface area contributed by atoms with E-state index in [9.17, 15) is 9.90 Å². The Kier molecular flexibility index (Phi) is 5.14. The van der Waals surface area contributed by atoms with Gasteiger partial charge in [0, 0.05) is 5.69 Å². The van der Waals surface area contributed by atoms with E-state index in [4.69, 9.17) is 16.3 Å². The average molecular weight is 307 g/mol. The van der Waals surface area contributed by atoms with Gasteiger partial charge in [-0.2, -0.15) is 0 Å². The van der Waals surface area contributed by atoms with Gasteiger partial charge in [-0.1, -0.05) is 23.7 Å². The van der Waals surface area contributed by atoms with E-state index in [1.54, 1.807) is 36.4 Å². The third-order valence-electron chi connectivity index (χ3n) is 2.73. The van der Waals surface area contributed by atoms with Gasteiger partial charge in [0.1, 0.15) is 11.4 Å². The van der Waals surface area contributed by atoms with Gasteiger partial charge in [-0.3, -0.25) is 9.78 Å². The maximum absolute atomic E-state index is 11.8. The highest BCUT2D eigenvalue weighted by atomic mass is 35.5. The molecular weight excluding hydrogens is 292 g/mol. The molecule has 0 spiro atoms. The van der Waals surface area contributed by atoms with Crippen LogP contribution in [0.1, 0.15) is 11.4 Å². The number of aryl methyl sites for hydroxylation is 1. The zero-order chi connectivity index (χ0) is 15.2. The summed E-state index contributed by atoms with van der Waals surface area (Å²) >= 11 is 5.95. The van der Waals surface area contributed by atoms with Gasteiger partial charge < -0.3 is 15.2 Å². The number of pyridine rings is 1. The van der Waals surface area contributed by atoms with Crippen LogP contribution in [0.2, 0.25) is 5.02 Å². The lowest BCUT2D eigenvalue weighted by Crippen LogP contribution is -2.20. The zero-order valence-corrected chi connectivity index (χ0v) is 12.2. The first-order chi connectivity index (χ1) is 10.1. The van der Waals surface area contributed by atoms with Crippen molar-refractivity contribution in [1.29, 1.82) is 0 Å². The second-order valence-electron chi connectivity index (χ2n) is 4.37. The fourth-order valence-corrected chi connectivity index (χ4v) is 1.92. The molecule has 0 radical (unpaired) electrons. The van der Waals surface area contributed by atoms with Gasteiger partial charge in [0.15, 0.2) is 6.61 Å². The molecule has 2 N–H and O–H groups in total. The topological polar surface area (TPSA) is 71.5 Å². The molecule has 0 saturated carbocycles. The Morgan fingerprint density at radius 3 is 2.81 bits per heavy atom. The molecule has 1 aromatic heterocycles. The van der Waals surface area contributed by atoms with Crippen LogP contribution < -0.4 is 10.1 Å². The van der Waals surface area contributed by atoms with Crippen LogP contribution in [0.5, 0.6) is 5.75 Å². The minimum atomic E-state index is -0.340. The van der Waals surface area contributed by atoms with Gasteiger partial charge >= 0.3 is 0 Å². The standard InChI is InChI=1S/C15H15ClN2O3/c1-10-6-7-14(13(8-19)17-10)21-9-15(20)18-12-5-3-2-4-11(12)16/h2-7,19H,8-9H2,1H3,(H,18,20). The van der Waals surface area contributed by atoms with Crippen LogP contribution in [0.3, 0.4) is 0 Å². The van der Waals surface area contributed by atoms with E-state index in [-0.39, 0.29) is 19.1 Å². The number of hydrogen-bond acceptors (Lipinski definition) is 4. The Morgan fingerprint density at radius 2 is 2.10 bits per heavy atom. The van der Waals surface area contributed by atoms with Crippen LogP contribution in [0.25, 0.3) is 0 Å². The van der Waals surface area contributed by atoms with E-state index in [1.165, 1.54) is 0 Å². The Labute approximate surface area is 127 Å². The minimum absolute atomic E-state index is 0.192. The van der Waals surface area contributed by atoms with Crippen LogP contribution in [0.4, 0.5) is 5.69 Å². The number of anilines is 1. The molecular formula is C15H15ClN2O3. The average Bonchev–Trinajstić information content (AvgIpc) is 2.48. The summed E-state index contributed by atoms with van der Waals surface area (Å²) in [6.45, 7) is 1.37. The molecule has 21 heavy (non-hydrogen) atoms. The zero-order valence-electron chi connectivity index (χ0n) is 11.5. The second kappa shape index (κ2) is 7.06. The molecule has 1 heterocycles. The first-order valence-electron chi connectivity index (χ1n) is 6.34. The molecule has 0 aliphatic heterocycles. The maximum atomic E-state index is 11.8. The van der Waals surface area contributed by atoms with Gasteiger partial charge in [0.25, 0.3) is 5.91 Å². The Morgan fingerprint density at radius 1 is 1.33 bits per heavy atom. The molecule has 0 bridgehead atoms. The predicted octanol–water partition coefficient (Wildman–Crippen LogP) is 2.55. The molecule has 110 valence electrons. The van der Waals surface area contributed by atoms with E-state index in [0.717, 1.165) is 5.69 Å². The fourth-order valence-electron chi connectivity index (χ4n) is 1.73. The van der Waals surface area contributed by atoms with Gasteiger partial charge in [0.2, 0.25) is 0 Å². The van der Waals surface area contributed by atoms with Crippen LogP contribution in [0, 0.1) is 6.92 Å². The number of halogens is 1. The van der Waals surface area contributed by atoms with Crippen molar-refractivity contribution in [2.24, 2.45) is 0 Å². The summed E-state index contributed by atoms with van der Waals surface area (Å²) in [6, 6.07) is 10.4. The lowest BCUT2D eigenvalue weighted by Gasteiger charge is -2.11. The summed E-state index contributed by atoms with van der Waals surface area (Å²) in [6.07, 6.45) is 0. The highest BCUT2D eigenvalue weighted by molar-refractivity contribution is 6.33. The molecule has 5 nitrogen and oxygen atoms in total. The molecule has 0 saturated heterocycles. The van der Waals surface area contributed by atoms with Gasteiger partial charge in [-0.05, 0) is 31.2 Å². The van der Waals surface area contributed by atoms with Crippen LogP contribution >= 0.6 is 11.6 Å². The SMILES string of the molecule is Cc1ccc(OCC(=O)Nc2ccccc2Cl)c(CO)n1. The number of aromatic nitrogens is 1. The molecule has 0 atom stereocenters. The lowest BCUT2D eigenvalue weighted by atomic mass is 10.3. The van der Waals surface area contributed by atoms with Gasteiger partial charge in [-0.25, -0.2) is 0 Å². The maximum Gasteiger partial charge on any atom is 0.262 e. The van der Waals surface area contributed by atoms with Crippen molar-refractivity contribution in [1.82, 2.24) is 4.98 Å². The second-order valence-corrected chi connectivity index (χ2v) is 4.78. The molecule has 2 rings (SSSR count). The number of aliphatic hydroxyl groups excluding tert-OH is 1. The Hall–Kier alpha value is -2.11. The fraction of sp³-hybridized carbons (Fsp3) is 0.200. The van der Waals surface area contributed by atoms with Crippen molar-refractivity contribution in [2.45, 2.75) is 13.5 Å². The number of benzene rings is 1. The van der Waals surface area contributed by atoms with Crippen molar-refractivity contribution >= 4 is 23.2 Å². The number of carbonyl (C=O) groups excluding carboxylic acids is 1. The number of aliphatic hydroxyl groups is 1. The number of nitrogens with zero attached hydrogens (tertiary/aromatic N) is 1. The van der Waals surface area contributed by atoms with E-state index >= 15 is 0 Å². The molecule has 0 aliphatic carbocycles. The van der Waals surface area contributed by atoms with Crippen LogP contribution in [0.15, 0.2) is 36.4 Å². The van der Waals surface area contributed by atoms with Crippen molar-refractivity contribution in [2.75, 3.05) is 11.9 Å². The molecule has 0 aliphatic rings. The summed E-state index contributed by atoms with van der Waals surface area (Å²) < 4.78 is 5.38. The summed E-state index contributed by atoms with van der Waals surface area (Å²) in [7, 11) is 0. The molecule has 6 heteroatoms. The highest BCUT2D eigenvalue weighted by Gasteiger charge is 2.09. The molecule has 0 fully saturated rings. The Balaban J connectivity index is 1.97. The van der Waals surface area contributed by atoms with E-state index in [1.807, 2.05) is 6.92 Å². The third-order valence-corrected chi connectivity index (χ3v) is 3.06.